The van der Waals surface area contributed by atoms with Gasteiger partial charge in [-0.3, -0.25) is 0 Å². The van der Waals surface area contributed by atoms with Gasteiger partial charge in [0, 0.05) is 0 Å². The van der Waals surface area contributed by atoms with Gasteiger partial charge < -0.3 is 14.8 Å². The lowest BCUT2D eigenvalue weighted by Gasteiger charge is -2.21. The lowest BCUT2D eigenvalue weighted by molar-refractivity contribution is 0.233. The number of rotatable bonds is 9. The van der Waals surface area contributed by atoms with Crippen LogP contribution in [0.1, 0.15) is 27.2 Å². The molecule has 1 atom stereocenters. The van der Waals surface area contributed by atoms with Crippen molar-refractivity contribution in [3.63, 3.8) is 0 Å². The van der Waals surface area contributed by atoms with E-state index in [1.54, 1.807) is 0 Å². The van der Waals surface area contributed by atoms with Gasteiger partial charge in [0.05, 0.1) is 13.2 Å². The molecule has 1 aromatic rings. The summed E-state index contributed by atoms with van der Waals surface area (Å²) in [5, 5.41) is 3.25. The molecular weight excluding hydrogens is 238 g/mol. The van der Waals surface area contributed by atoms with Crippen molar-refractivity contribution < 1.29 is 9.47 Å². The third-order valence-corrected chi connectivity index (χ3v) is 3.30. The highest BCUT2D eigenvalue weighted by Crippen LogP contribution is 2.27. The van der Waals surface area contributed by atoms with Gasteiger partial charge in [-0.1, -0.05) is 26.0 Å². The molecule has 1 rings (SSSR count). The van der Waals surface area contributed by atoms with Crippen LogP contribution in [0.3, 0.4) is 0 Å². The fraction of sp³-hybridized carbons (Fsp3) is 0.625. The SMILES string of the molecule is CCOc1ccccc1OCCC(CNC)C(C)C. The van der Waals surface area contributed by atoms with Gasteiger partial charge in [0.25, 0.3) is 0 Å². The molecule has 1 unspecified atom stereocenters. The highest BCUT2D eigenvalue weighted by Gasteiger charge is 2.13. The molecule has 0 fully saturated rings. The fourth-order valence-corrected chi connectivity index (χ4v) is 2.10. The Labute approximate surface area is 117 Å². The smallest absolute Gasteiger partial charge is 0.161 e. The molecule has 0 bridgehead atoms. The summed E-state index contributed by atoms with van der Waals surface area (Å²) in [6.45, 7) is 8.93. The monoisotopic (exact) mass is 265 g/mol. The summed E-state index contributed by atoms with van der Waals surface area (Å²) in [6.07, 6.45) is 1.05. The Morgan fingerprint density at radius 3 is 2.26 bits per heavy atom. The van der Waals surface area contributed by atoms with Gasteiger partial charge in [-0.2, -0.15) is 0 Å². The first-order valence-electron chi connectivity index (χ1n) is 7.18. The minimum atomic E-state index is 0.643. The third kappa shape index (κ3) is 5.52. The number of hydrogen-bond donors (Lipinski definition) is 1. The maximum absolute atomic E-state index is 5.86. The van der Waals surface area contributed by atoms with Crippen molar-refractivity contribution in [1.82, 2.24) is 5.32 Å². The molecule has 3 heteroatoms. The van der Waals surface area contributed by atoms with Crippen molar-refractivity contribution in [1.29, 1.82) is 0 Å². The van der Waals surface area contributed by atoms with Crippen LogP contribution in [-0.4, -0.2) is 26.8 Å². The van der Waals surface area contributed by atoms with E-state index in [4.69, 9.17) is 9.47 Å². The summed E-state index contributed by atoms with van der Waals surface area (Å²) in [6, 6.07) is 7.86. The topological polar surface area (TPSA) is 30.5 Å². The molecule has 108 valence electrons. The first-order valence-corrected chi connectivity index (χ1v) is 7.18. The average molecular weight is 265 g/mol. The van der Waals surface area contributed by atoms with Crippen molar-refractivity contribution in [2.45, 2.75) is 27.2 Å². The van der Waals surface area contributed by atoms with Gasteiger partial charge in [-0.25, -0.2) is 0 Å². The van der Waals surface area contributed by atoms with E-state index in [9.17, 15) is 0 Å². The second-order valence-corrected chi connectivity index (χ2v) is 5.08. The molecule has 1 aromatic carbocycles. The van der Waals surface area contributed by atoms with E-state index in [1.807, 2.05) is 38.2 Å². The van der Waals surface area contributed by atoms with E-state index in [2.05, 4.69) is 19.2 Å². The zero-order valence-corrected chi connectivity index (χ0v) is 12.6. The lowest BCUT2D eigenvalue weighted by Crippen LogP contribution is -2.25. The van der Waals surface area contributed by atoms with Crippen LogP contribution in [0.15, 0.2) is 24.3 Å². The second kappa shape index (κ2) is 8.81. The molecule has 1 N–H and O–H groups in total. The molecule has 0 aliphatic carbocycles. The predicted molar refractivity (Wildman–Crippen MR) is 80.0 cm³/mol. The highest BCUT2D eigenvalue weighted by atomic mass is 16.5. The van der Waals surface area contributed by atoms with E-state index >= 15 is 0 Å². The average Bonchev–Trinajstić information content (AvgIpc) is 2.40. The van der Waals surface area contributed by atoms with Crippen molar-refractivity contribution in [2.24, 2.45) is 11.8 Å². The zero-order valence-electron chi connectivity index (χ0n) is 12.6. The molecule has 0 aromatic heterocycles. The Morgan fingerprint density at radius 1 is 1.11 bits per heavy atom. The quantitative estimate of drug-likeness (QED) is 0.743. The number of ether oxygens (including phenoxy) is 2. The van der Waals surface area contributed by atoms with Gasteiger partial charge in [0.1, 0.15) is 0 Å². The minimum absolute atomic E-state index is 0.643. The summed E-state index contributed by atoms with van der Waals surface area (Å²) < 4.78 is 11.4. The molecule has 0 spiro atoms. The van der Waals surface area contributed by atoms with Crippen molar-refractivity contribution in [3.05, 3.63) is 24.3 Å². The molecule has 0 saturated heterocycles. The fourth-order valence-electron chi connectivity index (χ4n) is 2.10. The van der Waals surface area contributed by atoms with Crippen LogP contribution in [0.5, 0.6) is 11.5 Å². The minimum Gasteiger partial charge on any atom is -0.490 e. The molecule has 0 heterocycles. The summed E-state index contributed by atoms with van der Waals surface area (Å²) >= 11 is 0. The summed E-state index contributed by atoms with van der Waals surface area (Å²) in [7, 11) is 2.00. The van der Waals surface area contributed by atoms with Gasteiger partial charge in [0.2, 0.25) is 0 Å². The van der Waals surface area contributed by atoms with E-state index < -0.39 is 0 Å². The molecule has 19 heavy (non-hydrogen) atoms. The van der Waals surface area contributed by atoms with Gasteiger partial charge >= 0.3 is 0 Å². The maximum Gasteiger partial charge on any atom is 0.161 e. The van der Waals surface area contributed by atoms with Crippen LogP contribution in [0.2, 0.25) is 0 Å². The Morgan fingerprint density at radius 2 is 1.74 bits per heavy atom. The third-order valence-electron chi connectivity index (χ3n) is 3.30. The van der Waals surface area contributed by atoms with Crippen molar-refractivity contribution >= 4 is 0 Å². The van der Waals surface area contributed by atoms with Crippen LogP contribution < -0.4 is 14.8 Å². The van der Waals surface area contributed by atoms with Crippen molar-refractivity contribution in [3.8, 4) is 11.5 Å². The summed E-state index contributed by atoms with van der Waals surface area (Å²) in [5.74, 6) is 2.98. The second-order valence-electron chi connectivity index (χ2n) is 5.08. The van der Waals surface area contributed by atoms with Crippen LogP contribution in [0.4, 0.5) is 0 Å². The number of nitrogens with one attached hydrogen (secondary N) is 1. The van der Waals surface area contributed by atoms with E-state index in [-0.39, 0.29) is 0 Å². The van der Waals surface area contributed by atoms with Gasteiger partial charge in [0.15, 0.2) is 11.5 Å². The number of para-hydroxylation sites is 2. The van der Waals surface area contributed by atoms with E-state index in [0.29, 0.717) is 18.4 Å². The standard InChI is InChI=1S/C16H27NO2/c1-5-18-15-8-6-7-9-16(15)19-11-10-14(12-17-4)13(2)3/h6-9,13-14,17H,5,10-12H2,1-4H3. The molecule has 0 radical (unpaired) electrons. The number of hydrogen-bond acceptors (Lipinski definition) is 3. The Kier molecular flexibility index (Phi) is 7.34. The normalized spacial score (nSPS) is 12.5. The van der Waals surface area contributed by atoms with Crippen LogP contribution >= 0.6 is 0 Å². The molecule has 0 aliphatic heterocycles. The maximum atomic E-state index is 5.86. The summed E-state index contributed by atoms with van der Waals surface area (Å²) in [5.41, 5.74) is 0. The van der Waals surface area contributed by atoms with E-state index in [1.165, 1.54) is 0 Å². The Bertz CT molecular complexity index is 352. The van der Waals surface area contributed by atoms with Crippen molar-refractivity contribution in [2.75, 3.05) is 26.8 Å². The van der Waals surface area contributed by atoms with Crippen LogP contribution in [-0.2, 0) is 0 Å². The first-order chi connectivity index (χ1) is 9.19. The van der Waals surface area contributed by atoms with Gasteiger partial charge in [-0.15, -0.1) is 0 Å². The number of benzene rings is 1. The van der Waals surface area contributed by atoms with E-state index in [0.717, 1.165) is 31.1 Å². The molecule has 0 aliphatic rings. The van der Waals surface area contributed by atoms with Gasteiger partial charge in [-0.05, 0) is 50.9 Å². The molecular formula is C16H27NO2. The lowest BCUT2D eigenvalue weighted by atomic mass is 9.93. The molecule has 3 nitrogen and oxygen atoms in total. The molecule has 0 saturated carbocycles. The zero-order chi connectivity index (χ0) is 14.1. The Balaban J connectivity index is 2.47. The molecule has 0 amide bonds. The summed E-state index contributed by atoms with van der Waals surface area (Å²) in [4.78, 5) is 0. The first kappa shape index (κ1) is 15.8. The predicted octanol–water partition coefficient (Wildman–Crippen LogP) is 3.35. The Hall–Kier alpha value is -1.22. The largest absolute Gasteiger partial charge is 0.490 e. The van der Waals surface area contributed by atoms with Crippen LogP contribution in [0, 0.1) is 11.8 Å². The van der Waals surface area contributed by atoms with Crippen LogP contribution in [0.25, 0.3) is 0 Å². The highest BCUT2D eigenvalue weighted by molar-refractivity contribution is 5.39.